The van der Waals surface area contributed by atoms with Crippen LogP contribution in [0.1, 0.15) is 19.8 Å². The lowest BCUT2D eigenvalue weighted by Gasteiger charge is -2.33. The van der Waals surface area contributed by atoms with Gasteiger partial charge in [-0.2, -0.15) is 0 Å². The molecule has 0 aromatic carbocycles. The number of nitrogens with one attached hydrogen (secondary N) is 1. The quantitative estimate of drug-likeness (QED) is 0.865. The first kappa shape index (κ1) is 13.1. The van der Waals surface area contributed by atoms with Crippen molar-refractivity contribution in [1.82, 2.24) is 10.3 Å². The molecule has 4 nitrogen and oxygen atoms in total. The molecule has 0 aliphatic carbocycles. The average molecular weight is 249 g/mol. The van der Waals surface area contributed by atoms with Gasteiger partial charge in [0.2, 0.25) is 5.88 Å². The number of nitrogens with zero attached hydrogens (tertiary/aromatic N) is 2. The van der Waals surface area contributed by atoms with Crippen molar-refractivity contribution in [3.63, 3.8) is 0 Å². The Morgan fingerprint density at radius 3 is 2.89 bits per heavy atom. The molecule has 100 valence electrons. The second kappa shape index (κ2) is 6.59. The van der Waals surface area contributed by atoms with Crippen molar-refractivity contribution in [2.24, 2.45) is 5.92 Å². The third-order valence-electron chi connectivity index (χ3n) is 3.59. The summed E-state index contributed by atoms with van der Waals surface area (Å²) in [6.07, 6.45) is 4.34. The highest BCUT2D eigenvalue weighted by molar-refractivity contribution is 5.48. The summed E-state index contributed by atoms with van der Waals surface area (Å²) in [4.78, 5) is 6.57. The fourth-order valence-corrected chi connectivity index (χ4v) is 2.45. The lowest BCUT2D eigenvalue weighted by molar-refractivity contribution is 0.384. The van der Waals surface area contributed by atoms with E-state index in [1.165, 1.54) is 18.5 Å². The first-order chi connectivity index (χ1) is 8.83. The van der Waals surface area contributed by atoms with E-state index >= 15 is 0 Å². The number of methoxy groups -OCH3 is 1. The molecular weight excluding hydrogens is 226 g/mol. The zero-order valence-corrected chi connectivity index (χ0v) is 11.4. The molecule has 1 aliphatic heterocycles. The highest BCUT2D eigenvalue weighted by atomic mass is 16.5. The smallest absolute Gasteiger partial charge is 0.214 e. The highest BCUT2D eigenvalue weighted by Crippen LogP contribution is 2.24. The number of ether oxygens (including phenoxy) is 1. The molecule has 1 aromatic rings. The second-order valence-corrected chi connectivity index (χ2v) is 4.79. The predicted octanol–water partition coefficient (Wildman–Crippen LogP) is 1.92. The van der Waals surface area contributed by atoms with Crippen molar-refractivity contribution >= 4 is 5.69 Å². The molecule has 1 aliphatic rings. The van der Waals surface area contributed by atoms with Crippen LogP contribution in [0.15, 0.2) is 18.3 Å². The lowest BCUT2D eigenvalue weighted by atomic mass is 9.96. The van der Waals surface area contributed by atoms with Gasteiger partial charge in [-0.1, -0.05) is 6.92 Å². The third-order valence-corrected chi connectivity index (χ3v) is 3.59. The van der Waals surface area contributed by atoms with Gasteiger partial charge in [0.1, 0.15) is 0 Å². The number of aromatic nitrogens is 1. The molecule has 4 heteroatoms. The van der Waals surface area contributed by atoms with Crippen LogP contribution in [0.2, 0.25) is 0 Å². The maximum Gasteiger partial charge on any atom is 0.214 e. The molecule has 0 spiro atoms. The number of anilines is 1. The van der Waals surface area contributed by atoms with Gasteiger partial charge in [-0.3, -0.25) is 0 Å². The van der Waals surface area contributed by atoms with Crippen LogP contribution in [0.4, 0.5) is 5.69 Å². The van der Waals surface area contributed by atoms with E-state index in [2.05, 4.69) is 28.2 Å². The van der Waals surface area contributed by atoms with Crippen LogP contribution >= 0.6 is 0 Å². The van der Waals surface area contributed by atoms with Gasteiger partial charge in [-0.15, -0.1) is 0 Å². The Morgan fingerprint density at radius 1 is 1.44 bits per heavy atom. The Morgan fingerprint density at radius 2 is 2.22 bits per heavy atom. The Hall–Kier alpha value is -1.29. The summed E-state index contributed by atoms with van der Waals surface area (Å²) in [6.45, 7) is 6.65. The molecular formula is C14H23N3O. The van der Waals surface area contributed by atoms with Gasteiger partial charge in [0.05, 0.1) is 7.11 Å². The number of piperidine rings is 1. The second-order valence-electron chi connectivity index (χ2n) is 4.79. The topological polar surface area (TPSA) is 37.4 Å². The van der Waals surface area contributed by atoms with Crippen LogP contribution in [0, 0.1) is 5.92 Å². The van der Waals surface area contributed by atoms with Crippen LogP contribution in [-0.2, 0) is 0 Å². The maximum atomic E-state index is 5.17. The van der Waals surface area contributed by atoms with E-state index in [1.54, 1.807) is 7.11 Å². The van der Waals surface area contributed by atoms with Gasteiger partial charge >= 0.3 is 0 Å². The number of hydrogen-bond donors (Lipinski definition) is 1. The summed E-state index contributed by atoms with van der Waals surface area (Å²) in [5.41, 5.74) is 1.23. The van der Waals surface area contributed by atoms with Crippen molar-refractivity contribution in [2.45, 2.75) is 19.8 Å². The van der Waals surface area contributed by atoms with E-state index in [0.29, 0.717) is 5.88 Å². The van der Waals surface area contributed by atoms with Gasteiger partial charge in [0.25, 0.3) is 0 Å². The molecule has 1 N–H and O–H groups in total. The Labute approximate surface area is 109 Å². The Kier molecular flexibility index (Phi) is 4.81. The number of hydrogen-bond acceptors (Lipinski definition) is 4. The fourth-order valence-electron chi connectivity index (χ4n) is 2.45. The molecule has 2 rings (SSSR count). The monoisotopic (exact) mass is 249 g/mol. The van der Waals surface area contributed by atoms with Crippen molar-refractivity contribution in [3.05, 3.63) is 18.3 Å². The van der Waals surface area contributed by atoms with Crippen molar-refractivity contribution in [2.75, 3.05) is 38.2 Å². The van der Waals surface area contributed by atoms with Crippen molar-refractivity contribution < 1.29 is 4.74 Å². The molecule has 1 saturated heterocycles. The zero-order valence-electron chi connectivity index (χ0n) is 11.4. The molecule has 0 amide bonds. The van der Waals surface area contributed by atoms with E-state index in [1.807, 2.05) is 12.3 Å². The molecule has 2 heterocycles. The Balaban J connectivity index is 1.88. The van der Waals surface area contributed by atoms with E-state index < -0.39 is 0 Å². The minimum Gasteiger partial charge on any atom is -0.481 e. The number of pyridine rings is 1. The largest absolute Gasteiger partial charge is 0.481 e. The van der Waals surface area contributed by atoms with Crippen LogP contribution < -0.4 is 15.0 Å². The van der Waals surface area contributed by atoms with Crippen molar-refractivity contribution in [3.8, 4) is 5.88 Å². The summed E-state index contributed by atoms with van der Waals surface area (Å²) >= 11 is 0. The molecule has 1 aromatic heterocycles. The van der Waals surface area contributed by atoms with Gasteiger partial charge in [-0.05, 0) is 37.9 Å². The van der Waals surface area contributed by atoms with Gasteiger partial charge in [0, 0.05) is 31.0 Å². The molecule has 18 heavy (non-hydrogen) atoms. The van der Waals surface area contributed by atoms with Gasteiger partial charge < -0.3 is 15.0 Å². The van der Waals surface area contributed by atoms with Gasteiger partial charge in [-0.25, -0.2) is 4.98 Å². The normalized spacial score (nSPS) is 16.9. The highest BCUT2D eigenvalue weighted by Gasteiger charge is 2.19. The minimum atomic E-state index is 0.697. The van der Waals surface area contributed by atoms with E-state index in [4.69, 9.17) is 4.74 Å². The van der Waals surface area contributed by atoms with E-state index in [-0.39, 0.29) is 0 Å². The van der Waals surface area contributed by atoms with E-state index in [0.717, 1.165) is 32.1 Å². The van der Waals surface area contributed by atoms with E-state index in [9.17, 15) is 0 Å². The molecule has 0 bridgehead atoms. The zero-order chi connectivity index (χ0) is 12.8. The third kappa shape index (κ3) is 3.35. The van der Waals surface area contributed by atoms with Crippen LogP contribution in [0.3, 0.4) is 0 Å². The van der Waals surface area contributed by atoms with Crippen LogP contribution in [0.5, 0.6) is 5.88 Å². The fraction of sp³-hybridized carbons (Fsp3) is 0.643. The summed E-state index contributed by atoms with van der Waals surface area (Å²) in [5, 5.41) is 3.44. The first-order valence-electron chi connectivity index (χ1n) is 6.79. The maximum absolute atomic E-state index is 5.17. The summed E-state index contributed by atoms with van der Waals surface area (Å²) in [6, 6.07) is 4.08. The molecule has 0 unspecified atom stereocenters. The van der Waals surface area contributed by atoms with Crippen molar-refractivity contribution in [1.29, 1.82) is 0 Å². The summed E-state index contributed by atoms with van der Waals surface area (Å²) < 4.78 is 5.17. The minimum absolute atomic E-state index is 0.697. The summed E-state index contributed by atoms with van der Waals surface area (Å²) in [5.74, 6) is 1.52. The lowest BCUT2D eigenvalue weighted by Crippen LogP contribution is -2.37. The van der Waals surface area contributed by atoms with Crippen LogP contribution in [-0.4, -0.2) is 38.3 Å². The van der Waals surface area contributed by atoms with Crippen LogP contribution in [0.25, 0.3) is 0 Å². The molecule has 0 atom stereocenters. The summed E-state index contributed by atoms with van der Waals surface area (Å²) in [7, 11) is 1.66. The Bertz CT molecular complexity index is 362. The molecule has 1 fully saturated rings. The molecule has 0 saturated carbocycles. The first-order valence-corrected chi connectivity index (χ1v) is 6.79. The molecule has 0 radical (unpaired) electrons. The SMILES string of the molecule is CCNCC1CCN(c2ccnc(OC)c2)CC1. The standard InChI is InChI=1S/C14H23N3O/c1-3-15-11-12-5-8-17(9-6-12)13-4-7-16-14(10-13)18-2/h4,7,10,12,15H,3,5-6,8-9,11H2,1-2H3. The van der Waals surface area contributed by atoms with Gasteiger partial charge in [0.15, 0.2) is 0 Å². The predicted molar refractivity (Wildman–Crippen MR) is 74.3 cm³/mol. The number of rotatable bonds is 5. The average Bonchev–Trinajstić information content (AvgIpc) is 2.46.